The van der Waals surface area contributed by atoms with Gasteiger partial charge in [-0.15, -0.1) is 0 Å². The molecule has 3 nitrogen and oxygen atoms in total. The molecule has 0 bridgehead atoms. The molecule has 0 amide bonds. The molecule has 2 unspecified atom stereocenters. The molecule has 21 heavy (non-hydrogen) atoms. The van der Waals surface area contributed by atoms with Gasteiger partial charge in [-0.25, -0.2) is 4.98 Å². The first-order chi connectivity index (χ1) is 10.4. The normalized spacial score (nSPS) is 25.3. The van der Waals surface area contributed by atoms with Gasteiger partial charge in [0.15, 0.2) is 0 Å². The summed E-state index contributed by atoms with van der Waals surface area (Å²) in [4.78, 5) is 4.20. The van der Waals surface area contributed by atoms with E-state index in [2.05, 4.69) is 45.3 Å². The van der Waals surface area contributed by atoms with E-state index in [9.17, 15) is 0 Å². The summed E-state index contributed by atoms with van der Waals surface area (Å²) in [6, 6.07) is 10.1. The van der Waals surface area contributed by atoms with E-state index in [-0.39, 0.29) is 0 Å². The van der Waals surface area contributed by atoms with Gasteiger partial charge in [-0.2, -0.15) is 0 Å². The second kappa shape index (κ2) is 5.64. The van der Waals surface area contributed by atoms with Crippen molar-refractivity contribution < 1.29 is 0 Å². The van der Waals surface area contributed by atoms with Crippen molar-refractivity contribution in [3.8, 4) is 0 Å². The Hall–Kier alpha value is -1.61. The van der Waals surface area contributed by atoms with E-state index in [0.29, 0.717) is 12.1 Å². The van der Waals surface area contributed by atoms with Gasteiger partial charge in [0.05, 0.1) is 6.33 Å². The zero-order valence-corrected chi connectivity index (χ0v) is 12.4. The third-order valence-electron chi connectivity index (χ3n) is 5.01. The summed E-state index contributed by atoms with van der Waals surface area (Å²) in [7, 11) is 0. The maximum absolute atomic E-state index is 4.20. The minimum atomic E-state index is 0.570. The number of rotatable bonds is 5. The van der Waals surface area contributed by atoms with Crippen LogP contribution in [-0.4, -0.2) is 15.6 Å². The fourth-order valence-electron chi connectivity index (χ4n) is 3.73. The molecular weight excluding hydrogens is 258 g/mol. The summed E-state index contributed by atoms with van der Waals surface area (Å²) in [6.07, 6.45) is 12.5. The number of hydrogen-bond donors (Lipinski definition) is 1. The molecule has 1 aromatic carbocycles. The Labute approximate surface area is 126 Å². The van der Waals surface area contributed by atoms with Crippen LogP contribution in [0.1, 0.15) is 55.2 Å². The quantitative estimate of drug-likeness (QED) is 0.906. The van der Waals surface area contributed by atoms with Crippen LogP contribution in [0.25, 0.3) is 0 Å². The zero-order valence-electron chi connectivity index (χ0n) is 12.4. The highest BCUT2D eigenvalue weighted by molar-refractivity contribution is 5.33. The van der Waals surface area contributed by atoms with E-state index in [1.807, 2.05) is 12.5 Å². The number of hydrogen-bond acceptors (Lipinski definition) is 2. The highest BCUT2D eigenvalue weighted by atomic mass is 15.1. The van der Waals surface area contributed by atoms with E-state index in [0.717, 1.165) is 12.5 Å². The van der Waals surface area contributed by atoms with Gasteiger partial charge in [-0.1, -0.05) is 24.3 Å². The summed E-state index contributed by atoms with van der Waals surface area (Å²) in [5.74, 6) is 0.830. The molecule has 0 radical (unpaired) electrons. The lowest BCUT2D eigenvalue weighted by Crippen LogP contribution is -2.33. The summed E-state index contributed by atoms with van der Waals surface area (Å²) in [5.41, 5.74) is 3.07. The van der Waals surface area contributed by atoms with Crippen molar-refractivity contribution >= 4 is 0 Å². The maximum Gasteiger partial charge on any atom is 0.0949 e. The number of nitrogens with zero attached hydrogens (tertiary/aromatic N) is 2. The average Bonchev–Trinajstić information content (AvgIpc) is 3.02. The molecule has 2 fully saturated rings. The molecule has 1 N–H and O–H groups in total. The number of benzene rings is 1. The molecule has 0 saturated heterocycles. The molecule has 2 aliphatic carbocycles. The Morgan fingerprint density at radius 2 is 2.05 bits per heavy atom. The average molecular weight is 281 g/mol. The second-order valence-electron chi connectivity index (χ2n) is 6.47. The molecule has 2 saturated carbocycles. The fraction of sp³-hybridized carbons (Fsp3) is 0.500. The van der Waals surface area contributed by atoms with Crippen LogP contribution >= 0.6 is 0 Å². The fourth-order valence-corrected chi connectivity index (χ4v) is 3.73. The Balaban J connectivity index is 1.44. The smallest absolute Gasteiger partial charge is 0.0949 e. The van der Waals surface area contributed by atoms with E-state index < -0.39 is 0 Å². The van der Waals surface area contributed by atoms with Gasteiger partial charge in [0.1, 0.15) is 0 Å². The predicted molar refractivity (Wildman–Crippen MR) is 84.2 cm³/mol. The van der Waals surface area contributed by atoms with Crippen molar-refractivity contribution in [2.24, 2.45) is 0 Å². The highest BCUT2D eigenvalue weighted by Gasteiger charge is 2.29. The minimum absolute atomic E-state index is 0.570. The van der Waals surface area contributed by atoms with Gasteiger partial charge in [-0.3, -0.25) is 0 Å². The summed E-state index contributed by atoms with van der Waals surface area (Å²) in [5, 5.41) is 3.81. The molecule has 1 aromatic heterocycles. The molecule has 2 aromatic rings. The van der Waals surface area contributed by atoms with Crippen molar-refractivity contribution in [1.82, 2.24) is 14.9 Å². The van der Waals surface area contributed by atoms with E-state index in [1.165, 1.54) is 37.7 Å². The minimum Gasteiger partial charge on any atom is -0.333 e. The summed E-state index contributed by atoms with van der Waals surface area (Å²) in [6.45, 7) is 1.00. The lowest BCUT2D eigenvalue weighted by molar-refractivity contribution is 0.390. The molecule has 0 aliphatic heterocycles. The molecule has 4 rings (SSSR count). The van der Waals surface area contributed by atoms with Crippen LogP contribution in [0.2, 0.25) is 0 Å². The van der Waals surface area contributed by atoms with Crippen LogP contribution in [0, 0.1) is 0 Å². The van der Waals surface area contributed by atoms with Crippen molar-refractivity contribution in [2.75, 3.05) is 0 Å². The first-order valence-electron chi connectivity index (χ1n) is 8.20. The molecule has 1 heterocycles. The highest BCUT2D eigenvalue weighted by Crippen LogP contribution is 2.41. The first kappa shape index (κ1) is 13.1. The number of aromatic nitrogens is 2. The van der Waals surface area contributed by atoms with Crippen molar-refractivity contribution in [1.29, 1.82) is 0 Å². The van der Waals surface area contributed by atoms with Crippen molar-refractivity contribution in [3.63, 3.8) is 0 Å². The lowest BCUT2D eigenvalue weighted by atomic mass is 10.0. The van der Waals surface area contributed by atoms with Crippen LogP contribution in [0.5, 0.6) is 0 Å². The SMILES string of the molecule is c1ccc(C2CC2)c(CNC2CCCC2n2ccnc2)c1. The number of imidazole rings is 1. The van der Waals surface area contributed by atoms with Gasteiger partial charge in [0.25, 0.3) is 0 Å². The second-order valence-corrected chi connectivity index (χ2v) is 6.47. The third-order valence-corrected chi connectivity index (χ3v) is 5.01. The van der Waals surface area contributed by atoms with Gasteiger partial charge >= 0.3 is 0 Å². The van der Waals surface area contributed by atoms with Gasteiger partial charge in [-0.05, 0) is 49.1 Å². The molecule has 2 atom stereocenters. The van der Waals surface area contributed by atoms with Gasteiger partial charge in [0.2, 0.25) is 0 Å². The van der Waals surface area contributed by atoms with E-state index in [1.54, 1.807) is 5.56 Å². The Morgan fingerprint density at radius 3 is 2.86 bits per heavy atom. The first-order valence-corrected chi connectivity index (χ1v) is 8.20. The molecule has 2 aliphatic rings. The largest absolute Gasteiger partial charge is 0.333 e. The third kappa shape index (κ3) is 2.75. The van der Waals surface area contributed by atoms with Crippen molar-refractivity contribution in [2.45, 2.75) is 56.7 Å². The predicted octanol–water partition coefficient (Wildman–Crippen LogP) is 3.64. The van der Waals surface area contributed by atoms with Crippen molar-refractivity contribution in [3.05, 3.63) is 54.1 Å². The maximum atomic E-state index is 4.20. The van der Waals surface area contributed by atoms with Crippen LogP contribution in [0.15, 0.2) is 43.0 Å². The zero-order chi connectivity index (χ0) is 14.1. The molecule has 0 spiro atoms. The molecule has 110 valence electrons. The Kier molecular flexibility index (Phi) is 3.52. The van der Waals surface area contributed by atoms with Crippen LogP contribution in [0.3, 0.4) is 0 Å². The monoisotopic (exact) mass is 281 g/mol. The Bertz CT molecular complexity index is 586. The summed E-state index contributed by atoms with van der Waals surface area (Å²) >= 11 is 0. The standard InChI is InChI=1S/C18H23N3/c1-2-5-16(14-8-9-14)15(4-1)12-20-17-6-3-7-18(17)21-11-10-19-13-21/h1-2,4-5,10-11,13-14,17-18,20H,3,6-9,12H2. The molecular formula is C18H23N3. The summed E-state index contributed by atoms with van der Waals surface area (Å²) < 4.78 is 2.28. The van der Waals surface area contributed by atoms with Gasteiger partial charge < -0.3 is 9.88 Å². The van der Waals surface area contributed by atoms with Crippen LogP contribution < -0.4 is 5.32 Å². The number of nitrogens with one attached hydrogen (secondary N) is 1. The topological polar surface area (TPSA) is 29.9 Å². The van der Waals surface area contributed by atoms with Crippen LogP contribution in [0.4, 0.5) is 0 Å². The van der Waals surface area contributed by atoms with E-state index in [4.69, 9.17) is 0 Å². The van der Waals surface area contributed by atoms with E-state index >= 15 is 0 Å². The molecule has 3 heteroatoms. The lowest BCUT2D eigenvalue weighted by Gasteiger charge is -2.23. The van der Waals surface area contributed by atoms with Gasteiger partial charge in [0, 0.05) is 31.0 Å². The Morgan fingerprint density at radius 1 is 1.14 bits per heavy atom. The van der Waals surface area contributed by atoms with Crippen LogP contribution in [-0.2, 0) is 6.54 Å².